The van der Waals surface area contributed by atoms with Gasteiger partial charge in [0.15, 0.2) is 0 Å². The van der Waals surface area contributed by atoms with Crippen LogP contribution in [0, 0.1) is 17.3 Å². The first kappa shape index (κ1) is 13.4. The predicted molar refractivity (Wildman–Crippen MR) is 76.9 cm³/mol. The molecule has 3 rings (SSSR count). The fraction of sp³-hybridized carbons (Fsp3) is 0.938. The smallest absolute Gasteiger partial charge is 0.230 e. The van der Waals surface area contributed by atoms with Crippen LogP contribution in [0.4, 0.5) is 0 Å². The van der Waals surface area contributed by atoms with Crippen LogP contribution in [0.25, 0.3) is 0 Å². The molecule has 1 N–H and O–H groups in total. The molecule has 0 aromatic rings. The van der Waals surface area contributed by atoms with Crippen molar-refractivity contribution >= 4 is 5.91 Å². The Balaban J connectivity index is 1.74. The summed E-state index contributed by atoms with van der Waals surface area (Å²) < 4.78 is 0. The van der Waals surface area contributed by atoms with Gasteiger partial charge in [-0.15, -0.1) is 0 Å². The summed E-state index contributed by atoms with van der Waals surface area (Å²) in [6, 6.07) is 0. The van der Waals surface area contributed by atoms with Crippen LogP contribution < -0.4 is 5.32 Å². The third-order valence-electron chi connectivity index (χ3n) is 5.77. The van der Waals surface area contributed by atoms with E-state index in [9.17, 15) is 4.79 Å². The second-order valence-corrected chi connectivity index (χ2v) is 7.06. The van der Waals surface area contributed by atoms with E-state index in [2.05, 4.69) is 17.1 Å². The largest absolute Gasteiger partial charge is 0.342 e. The van der Waals surface area contributed by atoms with Crippen LogP contribution in [0.2, 0.25) is 0 Å². The van der Waals surface area contributed by atoms with Crippen molar-refractivity contribution in [3.8, 4) is 0 Å². The highest BCUT2D eigenvalue weighted by Gasteiger charge is 2.51. The number of carbonyl (C=O) groups is 1. The van der Waals surface area contributed by atoms with Crippen LogP contribution in [0.3, 0.4) is 0 Å². The van der Waals surface area contributed by atoms with E-state index < -0.39 is 0 Å². The zero-order chi connectivity index (χ0) is 13.3. The van der Waals surface area contributed by atoms with Crippen LogP contribution in [-0.4, -0.2) is 37.0 Å². The molecule has 2 saturated heterocycles. The molecule has 3 fully saturated rings. The molecule has 3 nitrogen and oxygen atoms in total. The lowest BCUT2D eigenvalue weighted by Crippen LogP contribution is -2.50. The summed E-state index contributed by atoms with van der Waals surface area (Å²) >= 11 is 0. The highest BCUT2D eigenvalue weighted by molar-refractivity contribution is 5.84. The third-order valence-corrected chi connectivity index (χ3v) is 5.77. The van der Waals surface area contributed by atoms with Crippen molar-refractivity contribution in [2.45, 2.75) is 51.9 Å². The molecular formula is C16H28N2O. The number of amides is 1. The van der Waals surface area contributed by atoms with Gasteiger partial charge in [-0.1, -0.05) is 19.8 Å². The molecule has 108 valence electrons. The van der Waals surface area contributed by atoms with Gasteiger partial charge in [-0.2, -0.15) is 0 Å². The van der Waals surface area contributed by atoms with E-state index in [4.69, 9.17) is 0 Å². The zero-order valence-electron chi connectivity index (χ0n) is 12.3. The summed E-state index contributed by atoms with van der Waals surface area (Å²) in [6.45, 7) is 6.32. The first-order chi connectivity index (χ1) is 9.22. The standard InChI is InChI=1S/C16H28N2O/c1-13-5-4-9-18(10-7-13)15(19)16-8-3-2-6-14(16)11-17-12-16/h13-14,17H,2-12H2,1H3/t13?,14-,16+/m0/s1. The summed E-state index contributed by atoms with van der Waals surface area (Å²) in [5.41, 5.74) is -0.0359. The van der Waals surface area contributed by atoms with E-state index >= 15 is 0 Å². The molecule has 0 aromatic heterocycles. The lowest BCUT2D eigenvalue weighted by molar-refractivity contribution is -0.145. The maximum Gasteiger partial charge on any atom is 0.230 e. The van der Waals surface area contributed by atoms with Gasteiger partial charge in [0.2, 0.25) is 5.91 Å². The SMILES string of the molecule is CC1CCCN(C(=O)[C@@]23CCCC[C@H]2CNC3)CC1. The molecule has 2 heterocycles. The second kappa shape index (κ2) is 5.43. The third kappa shape index (κ3) is 2.42. The number of nitrogens with zero attached hydrogens (tertiary/aromatic N) is 1. The van der Waals surface area contributed by atoms with Crippen LogP contribution in [0.15, 0.2) is 0 Å². The van der Waals surface area contributed by atoms with Crippen molar-refractivity contribution in [1.82, 2.24) is 10.2 Å². The number of rotatable bonds is 1. The number of nitrogens with one attached hydrogen (secondary N) is 1. The van der Waals surface area contributed by atoms with Crippen molar-refractivity contribution in [1.29, 1.82) is 0 Å². The molecule has 3 aliphatic rings. The van der Waals surface area contributed by atoms with Gasteiger partial charge in [-0.3, -0.25) is 4.79 Å². The predicted octanol–water partition coefficient (Wildman–Crippen LogP) is 2.41. The molecule has 3 heteroatoms. The summed E-state index contributed by atoms with van der Waals surface area (Å²) in [4.78, 5) is 15.3. The average molecular weight is 264 g/mol. The Morgan fingerprint density at radius 1 is 1.16 bits per heavy atom. The molecule has 3 atom stereocenters. The van der Waals surface area contributed by atoms with Crippen molar-refractivity contribution in [3.05, 3.63) is 0 Å². The maximum atomic E-state index is 13.1. The quantitative estimate of drug-likeness (QED) is 0.789. The molecule has 1 unspecified atom stereocenters. The van der Waals surface area contributed by atoms with Crippen molar-refractivity contribution in [2.75, 3.05) is 26.2 Å². The lowest BCUT2D eigenvalue weighted by Gasteiger charge is -2.40. The first-order valence-corrected chi connectivity index (χ1v) is 8.22. The minimum atomic E-state index is -0.0359. The minimum absolute atomic E-state index is 0.0359. The molecule has 1 saturated carbocycles. The van der Waals surface area contributed by atoms with Crippen LogP contribution in [-0.2, 0) is 4.79 Å². The van der Waals surface area contributed by atoms with Gasteiger partial charge >= 0.3 is 0 Å². The van der Waals surface area contributed by atoms with E-state index in [1.807, 2.05) is 0 Å². The van der Waals surface area contributed by atoms with Gasteiger partial charge in [-0.05, 0) is 50.5 Å². The zero-order valence-corrected chi connectivity index (χ0v) is 12.3. The van der Waals surface area contributed by atoms with Crippen molar-refractivity contribution in [3.63, 3.8) is 0 Å². The normalized spacial score (nSPS) is 39.7. The van der Waals surface area contributed by atoms with Crippen LogP contribution >= 0.6 is 0 Å². The molecule has 1 aliphatic carbocycles. The minimum Gasteiger partial charge on any atom is -0.342 e. The molecule has 19 heavy (non-hydrogen) atoms. The number of carbonyl (C=O) groups excluding carboxylic acids is 1. The molecule has 1 amide bonds. The number of likely N-dealkylation sites (tertiary alicyclic amines) is 1. The summed E-state index contributed by atoms with van der Waals surface area (Å²) in [7, 11) is 0. The van der Waals surface area contributed by atoms with Gasteiger partial charge < -0.3 is 10.2 Å². The van der Waals surface area contributed by atoms with Crippen molar-refractivity contribution in [2.24, 2.45) is 17.3 Å². The van der Waals surface area contributed by atoms with E-state index in [-0.39, 0.29) is 5.41 Å². The summed E-state index contributed by atoms with van der Waals surface area (Å²) in [5, 5.41) is 3.50. The Labute approximate surface area is 117 Å². The molecule has 0 radical (unpaired) electrons. The van der Waals surface area contributed by atoms with Crippen LogP contribution in [0.5, 0.6) is 0 Å². The van der Waals surface area contributed by atoms with E-state index in [0.29, 0.717) is 11.8 Å². The molecule has 0 aromatic carbocycles. The Kier molecular flexibility index (Phi) is 3.84. The monoisotopic (exact) mass is 264 g/mol. The summed E-state index contributed by atoms with van der Waals surface area (Å²) in [6.07, 6.45) is 8.62. The highest BCUT2D eigenvalue weighted by atomic mass is 16.2. The van der Waals surface area contributed by atoms with Crippen molar-refractivity contribution < 1.29 is 4.79 Å². The topological polar surface area (TPSA) is 32.3 Å². The Hall–Kier alpha value is -0.570. The van der Waals surface area contributed by atoms with E-state index in [0.717, 1.165) is 38.5 Å². The number of hydrogen-bond acceptors (Lipinski definition) is 2. The molecule has 0 spiro atoms. The number of hydrogen-bond donors (Lipinski definition) is 1. The Bertz CT molecular complexity index is 344. The average Bonchev–Trinajstić information content (AvgIpc) is 2.75. The van der Waals surface area contributed by atoms with Gasteiger partial charge in [0.25, 0.3) is 0 Å². The van der Waals surface area contributed by atoms with Gasteiger partial charge in [0, 0.05) is 19.6 Å². The first-order valence-electron chi connectivity index (χ1n) is 8.22. The van der Waals surface area contributed by atoms with Gasteiger partial charge in [-0.25, -0.2) is 0 Å². The Morgan fingerprint density at radius 3 is 2.95 bits per heavy atom. The fourth-order valence-corrected chi connectivity index (χ4v) is 4.45. The van der Waals surface area contributed by atoms with E-state index in [1.165, 1.54) is 38.5 Å². The molecular weight excluding hydrogens is 236 g/mol. The fourth-order valence-electron chi connectivity index (χ4n) is 4.45. The maximum absolute atomic E-state index is 13.1. The Morgan fingerprint density at radius 2 is 2.05 bits per heavy atom. The summed E-state index contributed by atoms with van der Waals surface area (Å²) in [5.74, 6) is 1.88. The second-order valence-electron chi connectivity index (χ2n) is 7.06. The van der Waals surface area contributed by atoms with Gasteiger partial charge in [0.05, 0.1) is 5.41 Å². The van der Waals surface area contributed by atoms with Crippen LogP contribution in [0.1, 0.15) is 51.9 Å². The highest BCUT2D eigenvalue weighted by Crippen LogP contribution is 2.45. The molecule has 0 bridgehead atoms. The lowest BCUT2D eigenvalue weighted by atomic mass is 9.67. The molecule has 2 aliphatic heterocycles. The number of fused-ring (bicyclic) bond motifs is 1. The van der Waals surface area contributed by atoms with Gasteiger partial charge in [0.1, 0.15) is 0 Å². The van der Waals surface area contributed by atoms with E-state index in [1.54, 1.807) is 0 Å².